The zero-order valence-electron chi connectivity index (χ0n) is 15.6. The predicted octanol–water partition coefficient (Wildman–Crippen LogP) is 2.87. The van der Waals surface area contributed by atoms with Crippen molar-refractivity contribution in [3.8, 4) is 0 Å². The predicted molar refractivity (Wildman–Crippen MR) is 112 cm³/mol. The highest BCUT2D eigenvalue weighted by Gasteiger charge is 2.70. The lowest BCUT2D eigenvalue weighted by Gasteiger charge is -2.36. The summed E-state index contributed by atoms with van der Waals surface area (Å²) < 4.78 is 0.879. The highest BCUT2D eigenvalue weighted by molar-refractivity contribution is 9.11. The van der Waals surface area contributed by atoms with E-state index in [9.17, 15) is 9.59 Å². The number of thiazole rings is 1. The topological polar surface area (TPSA) is 88.3 Å². The van der Waals surface area contributed by atoms with E-state index in [1.54, 1.807) is 6.20 Å². The van der Waals surface area contributed by atoms with E-state index in [2.05, 4.69) is 38.4 Å². The third kappa shape index (κ3) is 2.87. The minimum Gasteiger partial charge on any atom is -0.342 e. The van der Waals surface area contributed by atoms with Crippen molar-refractivity contribution in [2.75, 3.05) is 25.0 Å². The molecule has 3 fully saturated rings. The van der Waals surface area contributed by atoms with Crippen molar-refractivity contribution in [1.82, 2.24) is 9.88 Å². The van der Waals surface area contributed by atoms with Crippen LogP contribution < -0.4 is 11.1 Å². The van der Waals surface area contributed by atoms with Crippen LogP contribution in [-0.4, -0.2) is 41.3 Å². The van der Waals surface area contributed by atoms with Crippen LogP contribution >= 0.6 is 27.3 Å². The molecule has 1 aromatic heterocycles. The van der Waals surface area contributed by atoms with Gasteiger partial charge in [0.05, 0.1) is 21.8 Å². The summed E-state index contributed by atoms with van der Waals surface area (Å²) in [5, 5.41) is 3.56. The largest absolute Gasteiger partial charge is 0.342 e. The van der Waals surface area contributed by atoms with Gasteiger partial charge in [0.2, 0.25) is 11.8 Å². The second-order valence-electron chi connectivity index (χ2n) is 8.68. The van der Waals surface area contributed by atoms with Gasteiger partial charge >= 0.3 is 0 Å². The van der Waals surface area contributed by atoms with Gasteiger partial charge in [0, 0.05) is 13.1 Å². The first kappa shape index (κ1) is 18.8. The third-order valence-electron chi connectivity index (χ3n) is 7.40. The Morgan fingerprint density at radius 1 is 1.25 bits per heavy atom. The highest BCUT2D eigenvalue weighted by atomic mass is 79.9. The number of amides is 2. The number of halogens is 1. The van der Waals surface area contributed by atoms with Gasteiger partial charge in [-0.3, -0.25) is 9.59 Å². The van der Waals surface area contributed by atoms with Crippen LogP contribution in [0.3, 0.4) is 0 Å². The molecular formula is C20H25BrN4O2S. The van der Waals surface area contributed by atoms with Crippen LogP contribution in [0, 0.1) is 35.0 Å². The van der Waals surface area contributed by atoms with E-state index >= 15 is 0 Å². The van der Waals surface area contributed by atoms with Crippen LogP contribution in [0.1, 0.15) is 25.7 Å². The first-order valence-electron chi connectivity index (χ1n) is 10.1. The molecule has 8 heteroatoms. The molecule has 3 N–H and O–H groups in total. The summed E-state index contributed by atoms with van der Waals surface area (Å²) in [7, 11) is 0. The lowest BCUT2D eigenvalue weighted by Crippen LogP contribution is -2.47. The minimum absolute atomic E-state index is 0.0554. The quantitative estimate of drug-likeness (QED) is 0.670. The number of carbonyl (C=O) groups is 2. The number of rotatable bonds is 4. The molecule has 6 nitrogen and oxygen atoms in total. The number of nitrogens with two attached hydrogens (primary N) is 1. The van der Waals surface area contributed by atoms with Crippen LogP contribution in [0.2, 0.25) is 0 Å². The van der Waals surface area contributed by atoms with Crippen molar-refractivity contribution < 1.29 is 9.59 Å². The van der Waals surface area contributed by atoms with Gasteiger partial charge in [0.1, 0.15) is 0 Å². The Kier molecular flexibility index (Phi) is 4.63. The van der Waals surface area contributed by atoms with Crippen LogP contribution in [0.5, 0.6) is 0 Å². The molecule has 4 aliphatic rings. The van der Waals surface area contributed by atoms with Crippen molar-refractivity contribution >= 4 is 44.2 Å². The number of allylic oxidation sites excluding steroid dienone is 2. The molecule has 4 atom stereocenters. The fraction of sp³-hybridized carbons (Fsp3) is 0.650. The second kappa shape index (κ2) is 6.92. The van der Waals surface area contributed by atoms with Gasteiger partial charge in [-0.2, -0.15) is 0 Å². The van der Waals surface area contributed by atoms with Crippen molar-refractivity contribution in [3.63, 3.8) is 0 Å². The first-order valence-corrected chi connectivity index (χ1v) is 11.7. The first-order chi connectivity index (χ1) is 13.5. The maximum absolute atomic E-state index is 13.5. The van der Waals surface area contributed by atoms with Crippen LogP contribution in [0.15, 0.2) is 22.1 Å². The van der Waals surface area contributed by atoms with Crippen molar-refractivity contribution in [3.05, 3.63) is 22.1 Å². The molecule has 1 saturated heterocycles. The SMILES string of the molecule is NCC1CCN(C(=O)[C@H]2[C@H](C(=O)Nc3ncc(Br)s3)[C@@H]3C=C[C@H]2C32CC2)CC1. The number of hydrogen-bond acceptors (Lipinski definition) is 5. The molecule has 2 bridgehead atoms. The van der Waals surface area contributed by atoms with Crippen molar-refractivity contribution in [1.29, 1.82) is 0 Å². The fourth-order valence-electron chi connectivity index (χ4n) is 5.79. The van der Waals surface area contributed by atoms with Crippen LogP contribution in [-0.2, 0) is 9.59 Å². The van der Waals surface area contributed by atoms with Gasteiger partial charge in [-0.1, -0.05) is 23.5 Å². The van der Waals surface area contributed by atoms with E-state index in [1.165, 1.54) is 11.3 Å². The van der Waals surface area contributed by atoms with E-state index in [4.69, 9.17) is 5.73 Å². The summed E-state index contributed by atoms with van der Waals surface area (Å²) in [5.74, 6) is 0.475. The minimum atomic E-state index is -0.292. The van der Waals surface area contributed by atoms with E-state index in [0.29, 0.717) is 17.6 Å². The highest BCUT2D eigenvalue weighted by Crippen LogP contribution is 2.72. The molecule has 1 aliphatic heterocycles. The fourth-order valence-corrected chi connectivity index (χ4v) is 6.90. The summed E-state index contributed by atoms with van der Waals surface area (Å²) in [6.07, 6.45) is 10.3. The summed E-state index contributed by atoms with van der Waals surface area (Å²) in [4.78, 5) is 33.0. The summed E-state index contributed by atoms with van der Waals surface area (Å²) in [6.45, 7) is 2.22. The lowest BCUT2D eigenvalue weighted by atomic mass is 9.81. The van der Waals surface area contributed by atoms with Crippen LogP contribution in [0.4, 0.5) is 5.13 Å². The van der Waals surface area contributed by atoms with E-state index < -0.39 is 0 Å². The Morgan fingerprint density at radius 2 is 1.93 bits per heavy atom. The Bertz CT molecular complexity index is 828. The van der Waals surface area contributed by atoms with Crippen molar-refractivity contribution in [2.24, 2.45) is 40.7 Å². The normalized spacial score (nSPS) is 32.9. The second-order valence-corrected chi connectivity index (χ2v) is 11.1. The molecule has 1 spiro atoms. The zero-order chi connectivity index (χ0) is 19.5. The average Bonchev–Trinajstić information content (AvgIpc) is 3.20. The average molecular weight is 465 g/mol. The molecule has 2 amide bonds. The Balaban J connectivity index is 1.38. The lowest BCUT2D eigenvalue weighted by molar-refractivity contribution is -0.142. The van der Waals surface area contributed by atoms with Gasteiger partial charge in [-0.05, 0) is 71.3 Å². The molecule has 2 saturated carbocycles. The molecule has 150 valence electrons. The van der Waals surface area contributed by atoms with E-state index in [-0.39, 0.29) is 40.9 Å². The van der Waals surface area contributed by atoms with Gasteiger partial charge in [0.15, 0.2) is 5.13 Å². The molecular weight excluding hydrogens is 440 g/mol. The van der Waals surface area contributed by atoms with E-state index in [1.807, 2.05) is 4.90 Å². The molecule has 0 unspecified atom stereocenters. The van der Waals surface area contributed by atoms with Gasteiger partial charge < -0.3 is 16.0 Å². The van der Waals surface area contributed by atoms with Gasteiger partial charge in [-0.25, -0.2) is 4.98 Å². The number of hydrogen-bond donors (Lipinski definition) is 2. The van der Waals surface area contributed by atoms with Gasteiger partial charge in [-0.15, -0.1) is 0 Å². The number of piperidine rings is 1. The number of nitrogens with zero attached hydrogens (tertiary/aromatic N) is 2. The zero-order valence-corrected chi connectivity index (χ0v) is 18.0. The number of carbonyl (C=O) groups excluding carboxylic acids is 2. The van der Waals surface area contributed by atoms with Crippen molar-refractivity contribution in [2.45, 2.75) is 25.7 Å². The monoisotopic (exact) mass is 464 g/mol. The summed E-state index contributed by atoms with van der Waals surface area (Å²) in [5.41, 5.74) is 5.96. The van der Waals surface area contributed by atoms with E-state index in [0.717, 1.165) is 42.6 Å². The third-order valence-corrected chi connectivity index (χ3v) is 8.79. The van der Waals surface area contributed by atoms with Gasteiger partial charge in [0.25, 0.3) is 0 Å². The molecule has 2 heterocycles. The number of likely N-dealkylation sites (tertiary alicyclic amines) is 1. The smallest absolute Gasteiger partial charge is 0.230 e. The van der Waals surface area contributed by atoms with Crippen LogP contribution in [0.25, 0.3) is 0 Å². The standard InChI is InChI=1S/C20H25BrN4O2S/c21-14-10-23-19(28-14)24-17(26)15-12-1-2-13(20(12)5-6-20)16(15)18(27)25-7-3-11(9-22)4-8-25/h1-2,10-13,15-16H,3-9,22H2,(H,23,24,26)/t12-,13+,15+,16+/m0/s1. The molecule has 3 aliphatic carbocycles. The number of anilines is 1. The summed E-state index contributed by atoms with van der Waals surface area (Å²) >= 11 is 4.79. The molecule has 28 heavy (non-hydrogen) atoms. The Labute approximate surface area is 177 Å². The number of nitrogens with one attached hydrogen (secondary N) is 1. The molecule has 0 radical (unpaired) electrons. The molecule has 0 aromatic carbocycles. The summed E-state index contributed by atoms with van der Waals surface area (Å²) in [6, 6.07) is 0. The maximum atomic E-state index is 13.5. The molecule has 1 aromatic rings. The Hall–Kier alpha value is -1.25. The molecule has 5 rings (SSSR count). The maximum Gasteiger partial charge on any atom is 0.230 e. The number of aromatic nitrogens is 1. The Morgan fingerprint density at radius 3 is 2.50 bits per heavy atom.